The maximum atomic E-state index is 13.3. The van der Waals surface area contributed by atoms with E-state index in [2.05, 4.69) is 45.1 Å². The second-order valence-corrected chi connectivity index (χ2v) is 10.3. The Morgan fingerprint density at radius 2 is 2.00 bits per heavy atom. The van der Waals surface area contributed by atoms with E-state index in [-0.39, 0.29) is 18.1 Å². The van der Waals surface area contributed by atoms with Gasteiger partial charge in [-0.25, -0.2) is 0 Å². The molecule has 4 aliphatic rings. The van der Waals surface area contributed by atoms with Crippen LogP contribution < -0.4 is 20.7 Å². The molecule has 4 heterocycles. The summed E-state index contributed by atoms with van der Waals surface area (Å²) in [5.41, 5.74) is 11.4. The van der Waals surface area contributed by atoms with Gasteiger partial charge in [-0.15, -0.1) is 0 Å². The van der Waals surface area contributed by atoms with E-state index >= 15 is 0 Å². The molecule has 3 aromatic rings. The van der Waals surface area contributed by atoms with E-state index in [1.54, 1.807) is 0 Å². The molecular weight excluding hydrogens is 426 g/mol. The molecule has 1 saturated heterocycles. The highest BCUT2D eigenvalue weighted by Gasteiger charge is 2.38. The fourth-order valence-corrected chi connectivity index (χ4v) is 5.87. The number of ether oxygens (including phenoxy) is 1. The lowest BCUT2D eigenvalue weighted by atomic mass is 10.1. The topological polar surface area (TPSA) is 75.8 Å². The van der Waals surface area contributed by atoms with Crippen LogP contribution in [0.1, 0.15) is 47.9 Å². The lowest BCUT2D eigenvalue weighted by Crippen LogP contribution is -2.31. The Morgan fingerprint density at radius 3 is 2.82 bits per heavy atom. The summed E-state index contributed by atoms with van der Waals surface area (Å²) in [6, 6.07) is 15.0. The third kappa shape index (κ3) is 3.25. The van der Waals surface area contributed by atoms with Crippen molar-refractivity contribution in [3.05, 3.63) is 53.7 Å². The highest BCUT2D eigenvalue weighted by Crippen LogP contribution is 2.50. The van der Waals surface area contributed by atoms with E-state index in [9.17, 15) is 4.79 Å². The van der Waals surface area contributed by atoms with Crippen LogP contribution in [0.5, 0.6) is 5.75 Å². The van der Waals surface area contributed by atoms with Crippen LogP contribution in [-0.2, 0) is 6.54 Å². The van der Waals surface area contributed by atoms with Crippen LogP contribution in [0, 0.1) is 5.92 Å². The molecule has 1 unspecified atom stereocenters. The number of nitrogens with two attached hydrogens (primary N) is 1. The van der Waals surface area contributed by atoms with E-state index in [1.807, 2.05) is 17.0 Å². The molecule has 1 saturated carbocycles. The summed E-state index contributed by atoms with van der Waals surface area (Å²) < 4.78 is 8.69. The molecule has 7 heteroatoms. The first-order chi connectivity index (χ1) is 16.7. The lowest BCUT2D eigenvalue weighted by molar-refractivity contribution is 0.0790. The third-order valence-electron chi connectivity index (χ3n) is 7.79. The quantitative estimate of drug-likeness (QED) is 0.621. The van der Waals surface area contributed by atoms with Crippen LogP contribution in [-0.4, -0.2) is 47.7 Å². The summed E-state index contributed by atoms with van der Waals surface area (Å²) in [5, 5.41) is 5.06. The second kappa shape index (κ2) is 7.67. The number of fused-ring (bicyclic) bond motifs is 1. The molecule has 3 aliphatic heterocycles. The van der Waals surface area contributed by atoms with Crippen molar-refractivity contribution >= 4 is 28.2 Å². The van der Waals surface area contributed by atoms with E-state index in [0.717, 1.165) is 55.5 Å². The molecule has 1 aromatic heterocycles. The van der Waals surface area contributed by atoms with Gasteiger partial charge < -0.3 is 30.2 Å². The van der Waals surface area contributed by atoms with Gasteiger partial charge in [-0.05, 0) is 55.9 Å². The average molecular weight is 458 g/mol. The number of nitrogens with one attached hydrogen (secondary N) is 1. The fourth-order valence-electron chi connectivity index (χ4n) is 5.87. The molecule has 2 aromatic carbocycles. The molecule has 2 atom stereocenters. The van der Waals surface area contributed by atoms with E-state index < -0.39 is 0 Å². The summed E-state index contributed by atoms with van der Waals surface area (Å²) in [5.74, 6) is 1.62. The van der Waals surface area contributed by atoms with Crippen LogP contribution >= 0.6 is 0 Å². The first-order valence-corrected chi connectivity index (χ1v) is 12.6. The molecule has 2 fully saturated rings. The molecule has 3 N–H and O–H groups in total. The molecule has 0 radical (unpaired) electrons. The number of likely N-dealkylation sites (tertiary alicyclic amines) is 1. The third-order valence-corrected chi connectivity index (χ3v) is 7.79. The molecule has 34 heavy (non-hydrogen) atoms. The molecular formula is C27H31N5O2. The van der Waals surface area contributed by atoms with Crippen molar-refractivity contribution in [2.45, 2.75) is 44.4 Å². The number of para-hydroxylation sites is 1. The van der Waals surface area contributed by atoms with Gasteiger partial charge in [0.2, 0.25) is 0 Å². The van der Waals surface area contributed by atoms with E-state index in [1.165, 1.54) is 29.4 Å². The van der Waals surface area contributed by atoms with Crippen LogP contribution in [0.2, 0.25) is 0 Å². The van der Waals surface area contributed by atoms with Gasteiger partial charge in [0.05, 0.1) is 18.0 Å². The zero-order chi connectivity index (χ0) is 22.8. The van der Waals surface area contributed by atoms with Gasteiger partial charge in [0.1, 0.15) is 17.6 Å². The summed E-state index contributed by atoms with van der Waals surface area (Å²) >= 11 is 0. The van der Waals surface area contributed by atoms with E-state index in [0.29, 0.717) is 18.7 Å². The van der Waals surface area contributed by atoms with Crippen LogP contribution in [0.4, 0.5) is 11.4 Å². The molecule has 0 bridgehead atoms. The molecule has 0 spiro atoms. The van der Waals surface area contributed by atoms with Crippen molar-refractivity contribution in [3.63, 3.8) is 0 Å². The first-order valence-electron chi connectivity index (χ1n) is 12.6. The lowest BCUT2D eigenvalue weighted by Gasteiger charge is -2.27. The number of nitrogens with zero attached hydrogens (tertiary/aromatic N) is 3. The van der Waals surface area contributed by atoms with Crippen LogP contribution in [0.15, 0.2) is 42.5 Å². The highest BCUT2D eigenvalue weighted by atomic mass is 16.5. The first kappa shape index (κ1) is 20.2. The van der Waals surface area contributed by atoms with Gasteiger partial charge in [-0.3, -0.25) is 4.79 Å². The number of anilines is 2. The van der Waals surface area contributed by atoms with Crippen molar-refractivity contribution in [1.29, 1.82) is 0 Å². The Bertz CT molecular complexity index is 1280. The number of rotatable bonds is 4. The SMILES string of the molecule is N[C@@H]1CCN(C(=O)c2cc3c4c(c2)OCCCN4C(c2cc4ccccc4n2CC2CC2)N3)C1. The monoisotopic (exact) mass is 457 g/mol. The predicted octanol–water partition coefficient (Wildman–Crippen LogP) is 3.94. The van der Waals surface area contributed by atoms with Gasteiger partial charge in [-0.1, -0.05) is 18.2 Å². The Morgan fingerprint density at radius 1 is 1.12 bits per heavy atom. The minimum Gasteiger partial charge on any atom is -0.491 e. The summed E-state index contributed by atoms with van der Waals surface area (Å²) in [6.45, 7) is 3.98. The smallest absolute Gasteiger partial charge is 0.254 e. The minimum absolute atomic E-state index is 0.0205. The normalized spacial score (nSPS) is 23.6. The maximum Gasteiger partial charge on any atom is 0.254 e. The molecule has 176 valence electrons. The zero-order valence-electron chi connectivity index (χ0n) is 19.4. The number of benzene rings is 2. The van der Waals surface area contributed by atoms with Crippen molar-refractivity contribution in [1.82, 2.24) is 9.47 Å². The number of hydrogen-bond donors (Lipinski definition) is 2. The van der Waals surface area contributed by atoms with Gasteiger partial charge in [0, 0.05) is 48.7 Å². The van der Waals surface area contributed by atoms with E-state index in [4.69, 9.17) is 10.5 Å². The molecule has 1 aliphatic carbocycles. The summed E-state index contributed by atoms with van der Waals surface area (Å²) in [6.07, 6.45) is 4.46. The maximum absolute atomic E-state index is 13.3. The number of hydrogen-bond acceptors (Lipinski definition) is 5. The standard InChI is InChI=1S/C27H31N5O2/c28-20-8-10-30(16-20)27(33)19-12-21-25-24(14-19)34-11-3-9-31(25)26(29-21)23-13-18-4-1-2-5-22(18)32(23)15-17-6-7-17/h1-2,4-5,12-14,17,20,26,29H,3,6-11,15-16,28H2/t20-,26?/m1/s1. The van der Waals surface area contributed by atoms with Gasteiger partial charge in [-0.2, -0.15) is 0 Å². The Hall–Kier alpha value is -3.19. The molecule has 7 nitrogen and oxygen atoms in total. The van der Waals surface area contributed by atoms with Gasteiger partial charge in [0.25, 0.3) is 5.91 Å². The predicted molar refractivity (Wildman–Crippen MR) is 133 cm³/mol. The molecule has 1 amide bonds. The van der Waals surface area contributed by atoms with Crippen molar-refractivity contribution in [2.24, 2.45) is 11.7 Å². The van der Waals surface area contributed by atoms with Crippen molar-refractivity contribution < 1.29 is 9.53 Å². The Balaban J connectivity index is 1.30. The average Bonchev–Trinajstić information content (AvgIpc) is 3.36. The Kier molecular flexibility index (Phi) is 4.56. The summed E-state index contributed by atoms with van der Waals surface area (Å²) in [4.78, 5) is 17.6. The zero-order valence-corrected chi connectivity index (χ0v) is 19.4. The van der Waals surface area contributed by atoms with Crippen molar-refractivity contribution in [2.75, 3.05) is 36.5 Å². The summed E-state index contributed by atoms with van der Waals surface area (Å²) in [7, 11) is 0. The number of carbonyl (C=O) groups is 1. The molecule has 7 rings (SSSR count). The minimum atomic E-state index is 0.0205. The van der Waals surface area contributed by atoms with Crippen LogP contribution in [0.3, 0.4) is 0 Å². The fraction of sp³-hybridized carbons (Fsp3) is 0.444. The number of amides is 1. The Labute approximate surface area is 199 Å². The second-order valence-electron chi connectivity index (χ2n) is 10.3. The highest BCUT2D eigenvalue weighted by molar-refractivity contribution is 5.99. The van der Waals surface area contributed by atoms with Crippen molar-refractivity contribution in [3.8, 4) is 5.75 Å². The van der Waals surface area contributed by atoms with Gasteiger partial charge in [0.15, 0.2) is 0 Å². The number of carbonyl (C=O) groups excluding carboxylic acids is 1. The number of aromatic nitrogens is 1. The van der Waals surface area contributed by atoms with Crippen LogP contribution in [0.25, 0.3) is 10.9 Å². The largest absolute Gasteiger partial charge is 0.491 e. The van der Waals surface area contributed by atoms with Gasteiger partial charge >= 0.3 is 0 Å².